The molecule has 0 radical (unpaired) electrons. The van der Waals surface area contributed by atoms with Gasteiger partial charge in [-0.2, -0.15) is 0 Å². The van der Waals surface area contributed by atoms with Crippen molar-refractivity contribution in [1.29, 1.82) is 0 Å². The third kappa shape index (κ3) is 3.81. The SMILES string of the molecule is CC(CN(C)C(=O)c1cccc(Br)n1)C(=O)O. The molecular formula is C11H13BrN2O3. The zero-order valence-corrected chi connectivity index (χ0v) is 11.1. The van der Waals surface area contributed by atoms with E-state index in [1.54, 1.807) is 32.2 Å². The molecule has 5 nitrogen and oxygen atoms in total. The fourth-order valence-electron chi connectivity index (χ4n) is 1.29. The maximum Gasteiger partial charge on any atom is 0.308 e. The Morgan fingerprint density at radius 1 is 1.53 bits per heavy atom. The summed E-state index contributed by atoms with van der Waals surface area (Å²) >= 11 is 3.18. The van der Waals surface area contributed by atoms with Crippen LogP contribution in [0.15, 0.2) is 22.8 Å². The lowest BCUT2D eigenvalue weighted by atomic mass is 10.1. The summed E-state index contributed by atoms with van der Waals surface area (Å²) in [5.41, 5.74) is 0.291. The number of amides is 1. The molecule has 0 fully saturated rings. The summed E-state index contributed by atoms with van der Waals surface area (Å²) in [4.78, 5) is 28.0. The Hall–Kier alpha value is -1.43. The van der Waals surface area contributed by atoms with E-state index in [1.807, 2.05) is 0 Å². The van der Waals surface area contributed by atoms with Crippen molar-refractivity contribution in [1.82, 2.24) is 9.88 Å². The average Bonchev–Trinajstić information content (AvgIpc) is 2.27. The predicted octanol–water partition coefficient (Wildman–Crippen LogP) is 1.64. The highest BCUT2D eigenvalue weighted by Crippen LogP contribution is 2.09. The minimum atomic E-state index is -0.924. The molecule has 0 aromatic carbocycles. The monoisotopic (exact) mass is 300 g/mol. The van der Waals surface area contributed by atoms with Crippen molar-refractivity contribution >= 4 is 27.8 Å². The minimum absolute atomic E-state index is 0.155. The zero-order chi connectivity index (χ0) is 13.0. The van der Waals surface area contributed by atoms with Crippen LogP contribution in [0.2, 0.25) is 0 Å². The van der Waals surface area contributed by atoms with Crippen LogP contribution >= 0.6 is 15.9 Å². The van der Waals surface area contributed by atoms with Crippen molar-refractivity contribution in [3.05, 3.63) is 28.5 Å². The van der Waals surface area contributed by atoms with Gasteiger partial charge >= 0.3 is 5.97 Å². The van der Waals surface area contributed by atoms with Crippen LogP contribution in [0, 0.1) is 5.92 Å². The largest absolute Gasteiger partial charge is 0.481 e. The molecular weight excluding hydrogens is 288 g/mol. The maximum absolute atomic E-state index is 11.9. The summed E-state index contributed by atoms with van der Waals surface area (Å²) < 4.78 is 0.572. The first-order valence-electron chi connectivity index (χ1n) is 5.02. The number of hydrogen-bond donors (Lipinski definition) is 1. The molecule has 0 aliphatic carbocycles. The van der Waals surface area contributed by atoms with Crippen LogP contribution in [0.1, 0.15) is 17.4 Å². The third-order valence-corrected chi connectivity index (χ3v) is 2.69. The Labute approximate surface area is 108 Å². The highest BCUT2D eigenvalue weighted by atomic mass is 79.9. The van der Waals surface area contributed by atoms with Gasteiger partial charge in [0, 0.05) is 13.6 Å². The first-order chi connectivity index (χ1) is 7.91. The van der Waals surface area contributed by atoms with Crippen molar-refractivity contribution in [3.63, 3.8) is 0 Å². The van der Waals surface area contributed by atoms with E-state index in [-0.39, 0.29) is 12.5 Å². The van der Waals surface area contributed by atoms with Gasteiger partial charge in [0.2, 0.25) is 0 Å². The third-order valence-electron chi connectivity index (χ3n) is 2.25. The molecule has 0 spiro atoms. The molecule has 17 heavy (non-hydrogen) atoms. The van der Waals surface area contributed by atoms with Crippen LogP contribution in [0.25, 0.3) is 0 Å². The highest BCUT2D eigenvalue weighted by molar-refractivity contribution is 9.10. The molecule has 1 amide bonds. The van der Waals surface area contributed by atoms with E-state index in [0.717, 1.165) is 0 Å². The fraction of sp³-hybridized carbons (Fsp3) is 0.364. The van der Waals surface area contributed by atoms with E-state index in [4.69, 9.17) is 5.11 Å². The van der Waals surface area contributed by atoms with Gasteiger partial charge in [0.05, 0.1) is 5.92 Å². The van der Waals surface area contributed by atoms with Crippen LogP contribution < -0.4 is 0 Å². The topological polar surface area (TPSA) is 70.5 Å². The lowest BCUT2D eigenvalue weighted by Crippen LogP contribution is -2.34. The summed E-state index contributed by atoms with van der Waals surface area (Å²) in [5.74, 6) is -1.82. The molecule has 1 aromatic rings. The number of aliphatic carboxylic acids is 1. The Balaban J connectivity index is 2.73. The highest BCUT2D eigenvalue weighted by Gasteiger charge is 2.19. The molecule has 1 heterocycles. The molecule has 1 atom stereocenters. The van der Waals surface area contributed by atoms with E-state index in [9.17, 15) is 9.59 Å². The van der Waals surface area contributed by atoms with Gasteiger partial charge in [-0.25, -0.2) is 4.98 Å². The molecule has 0 bridgehead atoms. The molecule has 1 unspecified atom stereocenters. The first kappa shape index (κ1) is 13.6. The second kappa shape index (κ2) is 5.77. The van der Waals surface area contributed by atoms with Crippen molar-refractivity contribution in [2.45, 2.75) is 6.92 Å². The number of carboxylic acid groups (broad SMARTS) is 1. The molecule has 0 saturated heterocycles. The number of carbonyl (C=O) groups excluding carboxylic acids is 1. The maximum atomic E-state index is 11.9. The van der Waals surface area contributed by atoms with E-state index in [2.05, 4.69) is 20.9 Å². The molecule has 0 saturated carbocycles. The van der Waals surface area contributed by atoms with Crippen molar-refractivity contribution in [3.8, 4) is 0 Å². The minimum Gasteiger partial charge on any atom is -0.481 e. The van der Waals surface area contributed by atoms with Gasteiger partial charge in [0.25, 0.3) is 5.91 Å². The van der Waals surface area contributed by atoms with Crippen LogP contribution in [0.5, 0.6) is 0 Å². The molecule has 92 valence electrons. The van der Waals surface area contributed by atoms with Gasteiger partial charge < -0.3 is 10.0 Å². The molecule has 0 aliphatic heterocycles. The Kier molecular flexibility index (Phi) is 4.62. The van der Waals surface area contributed by atoms with Gasteiger partial charge in [-0.15, -0.1) is 0 Å². The number of halogens is 1. The van der Waals surface area contributed by atoms with Gasteiger partial charge in [-0.1, -0.05) is 13.0 Å². The van der Waals surface area contributed by atoms with E-state index in [1.165, 1.54) is 4.90 Å². The summed E-state index contributed by atoms with van der Waals surface area (Å²) in [6.45, 7) is 1.71. The number of nitrogens with zero attached hydrogens (tertiary/aromatic N) is 2. The molecule has 0 aliphatic rings. The number of carboxylic acids is 1. The van der Waals surface area contributed by atoms with E-state index in [0.29, 0.717) is 10.3 Å². The average molecular weight is 301 g/mol. The van der Waals surface area contributed by atoms with Gasteiger partial charge in [0.15, 0.2) is 0 Å². The summed E-state index contributed by atoms with van der Waals surface area (Å²) in [6.07, 6.45) is 0. The van der Waals surface area contributed by atoms with Gasteiger partial charge in [0.1, 0.15) is 10.3 Å². The summed E-state index contributed by atoms with van der Waals surface area (Å²) in [7, 11) is 1.56. The molecule has 1 N–H and O–H groups in total. The standard InChI is InChI=1S/C11H13BrN2O3/c1-7(11(16)17)6-14(2)10(15)8-4-3-5-9(12)13-8/h3-5,7H,6H2,1-2H3,(H,16,17). The lowest BCUT2D eigenvalue weighted by Gasteiger charge is -2.18. The first-order valence-corrected chi connectivity index (χ1v) is 5.82. The second-order valence-corrected chi connectivity index (χ2v) is 4.58. The lowest BCUT2D eigenvalue weighted by molar-refractivity contribution is -0.141. The zero-order valence-electron chi connectivity index (χ0n) is 9.55. The van der Waals surface area contributed by atoms with Crippen molar-refractivity contribution < 1.29 is 14.7 Å². The quantitative estimate of drug-likeness (QED) is 0.858. The predicted molar refractivity (Wildman–Crippen MR) is 65.7 cm³/mol. The van der Waals surface area contributed by atoms with E-state index >= 15 is 0 Å². The number of rotatable bonds is 4. The Bertz CT molecular complexity index is 436. The number of pyridine rings is 1. The van der Waals surface area contributed by atoms with Crippen LogP contribution in [-0.4, -0.2) is 40.5 Å². The summed E-state index contributed by atoms with van der Waals surface area (Å²) in [6, 6.07) is 5.02. The van der Waals surface area contributed by atoms with Gasteiger partial charge in [-0.05, 0) is 28.1 Å². The number of carbonyl (C=O) groups is 2. The fourth-order valence-corrected chi connectivity index (χ4v) is 1.64. The smallest absolute Gasteiger partial charge is 0.308 e. The Morgan fingerprint density at radius 2 is 2.18 bits per heavy atom. The normalized spacial score (nSPS) is 11.9. The molecule has 6 heteroatoms. The van der Waals surface area contributed by atoms with Gasteiger partial charge in [-0.3, -0.25) is 9.59 Å². The molecule has 1 rings (SSSR count). The number of hydrogen-bond acceptors (Lipinski definition) is 3. The van der Waals surface area contributed by atoms with Crippen LogP contribution in [-0.2, 0) is 4.79 Å². The number of aromatic nitrogens is 1. The van der Waals surface area contributed by atoms with Crippen LogP contribution in [0.4, 0.5) is 0 Å². The second-order valence-electron chi connectivity index (χ2n) is 3.77. The van der Waals surface area contributed by atoms with Crippen LogP contribution in [0.3, 0.4) is 0 Å². The van der Waals surface area contributed by atoms with Crippen molar-refractivity contribution in [2.75, 3.05) is 13.6 Å². The Morgan fingerprint density at radius 3 is 2.71 bits per heavy atom. The summed E-state index contributed by atoms with van der Waals surface area (Å²) in [5, 5.41) is 8.77. The van der Waals surface area contributed by atoms with E-state index < -0.39 is 11.9 Å². The van der Waals surface area contributed by atoms with Crippen molar-refractivity contribution in [2.24, 2.45) is 5.92 Å². The molecule has 1 aromatic heterocycles.